The molecule has 2 aliphatic heterocycles. The van der Waals surface area contributed by atoms with Crippen LogP contribution in [0.1, 0.15) is 43.4 Å². The van der Waals surface area contributed by atoms with Gasteiger partial charge in [0.25, 0.3) is 0 Å². The lowest BCUT2D eigenvalue weighted by atomic mass is 9.91. The van der Waals surface area contributed by atoms with Crippen molar-refractivity contribution in [1.29, 1.82) is 0 Å². The molecule has 2 aliphatic rings. The van der Waals surface area contributed by atoms with Gasteiger partial charge in [-0.05, 0) is 54.0 Å². The molecule has 5 nitrogen and oxygen atoms in total. The number of alkyl halides is 3. The zero-order valence-electron chi connectivity index (χ0n) is 19.6. The zero-order chi connectivity index (χ0) is 24.9. The van der Waals surface area contributed by atoms with Gasteiger partial charge in [-0.3, -0.25) is 4.90 Å². The maximum atomic E-state index is 13.1. The highest BCUT2D eigenvalue weighted by Gasteiger charge is 2.51. The van der Waals surface area contributed by atoms with Crippen molar-refractivity contribution < 1.29 is 26.7 Å². The summed E-state index contributed by atoms with van der Waals surface area (Å²) >= 11 is 0. The van der Waals surface area contributed by atoms with E-state index in [2.05, 4.69) is 11.0 Å². The molecule has 1 N–H and O–H groups in total. The molecule has 3 atom stereocenters. The van der Waals surface area contributed by atoms with Crippen LogP contribution in [0, 0.1) is 0 Å². The van der Waals surface area contributed by atoms with Crippen LogP contribution in [0.2, 0.25) is 0 Å². The first-order valence-electron chi connectivity index (χ1n) is 11.5. The molecule has 0 saturated carbocycles. The second-order valence-corrected chi connectivity index (χ2v) is 11.6. The van der Waals surface area contributed by atoms with Crippen LogP contribution in [0.5, 0.6) is 0 Å². The molecule has 2 aromatic rings. The van der Waals surface area contributed by atoms with E-state index in [0.717, 1.165) is 55.0 Å². The average molecular weight is 497 g/mol. The van der Waals surface area contributed by atoms with Crippen molar-refractivity contribution in [3.63, 3.8) is 0 Å². The molecule has 34 heavy (non-hydrogen) atoms. The molecule has 0 spiro atoms. The van der Waals surface area contributed by atoms with Crippen LogP contribution < -0.4 is 0 Å². The number of halogens is 3. The Bertz CT molecular complexity index is 1130. The van der Waals surface area contributed by atoms with Gasteiger partial charge >= 0.3 is 6.18 Å². The third-order valence-electron chi connectivity index (χ3n) is 7.14. The quantitative estimate of drug-likeness (QED) is 0.648. The number of piperazine rings is 1. The predicted molar refractivity (Wildman–Crippen MR) is 126 cm³/mol. The Morgan fingerprint density at radius 3 is 2.12 bits per heavy atom. The van der Waals surface area contributed by atoms with Gasteiger partial charge in [-0.25, -0.2) is 8.42 Å². The minimum atomic E-state index is -4.75. The van der Waals surface area contributed by atoms with Crippen LogP contribution in [-0.4, -0.2) is 60.3 Å². The topological polar surface area (TPSA) is 60.9 Å². The SMILES string of the molecule is CCc1cc(CN2CC3CCC(C2)N3S(C)(=O)=O)ccc1-c1ccc(C(C)(O)C(F)(F)F)cc1. The van der Waals surface area contributed by atoms with Gasteiger partial charge in [-0.1, -0.05) is 49.4 Å². The number of aliphatic hydroxyl groups is 1. The molecule has 3 unspecified atom stereocenters. The first-order chi connectivity index (χ1) is 15.8. The summed E-state index contributed by atoms with van der Waals surface area (Å²) in [5.74, 6) is 0. The minimum absolute atomic E-state index is 0.0334. The smallest absolute Gasteiger partial charge is 0.376 e. The highest BCUT2D eigenvalue weighted by atomic mass is 32.2. The van der Waals surface area contributed by atoms with E-state index in [4.69, 9.17) is 0 Å². The highest BCUT2D eigenvalue weighted by Crippen LogP contribution is 2.39. The Morgan fingerprint density at radius 2 is 1.62 bits per heavy atom. The van der Waals surface area contributed by atoms with E-state index in [1.54, 1.807) is 16.4 Å². The number of hydrogen-bond acceptors (Lipinski definition) is 4. The molecule has 0 amide bonds. The fourth-order valence-corrected chi connectivity index (χ4v) is 6.77. The van der Waals surface area contributed by atoms with Crippen molar-refractivity contribution in [2.45, 2.75) is 63.5 Å². The first-order valence-corrected chi connectivity index (χ1v) is 13.4. The Kier molecular flexibility index (Phi) is 6.61. The summed E-state index contributed by atoms with van der Waals surface area (Å²) in [4.78, 5) is 2.31. The van der Waals surface area contributed by atoms with E-state index in [0.29, 0.717) is 13.1 Å². The second-order valence-electron chi connectivity index (χ2n) is 9.66. The Hall–Kier alpha value is -1.94. The molecule has 2 aromatic carbocycles. The Labute approximate surface area is 199 Å². The number of benzene rings is 2. The molecule has 0 radical (unpaired) electrons. The molecule has 2 bridgehead atoms. The Morgan fingerprint density at radius 1 is 1.03 bits per heavy atom. The lowest BCUT2D eigenvalue weighted by Gasteiger charge is -2.39. The van der Waals surface area contributed by atoms with Gasteiger partial charge in [0.1, 0.15) is 0 Å². The molecule has 2 heterocycles. The van der Waals surface area contributed by atoms with Crippen LogP contribution in [0.25, 0.3) is 11.1 Å². The van der Waals surface area contributed by atoms with Crippen molar-refractivity contribution in [3.8, 4) is 11.1 Å². The van der Waals surface area contributed by atoms with Gasteiger partial charge in [0.15, 0.2) is 5.60 Å². The zero-order valence-corrected chi connectivity index (χ0v) is 20.5. The van der Waals surface area contributed by atoms with Crippen LogP contribution in [0.4, 0.5) is 13.2 Å². The summed E-state index contributed by atoms with van der Waals surface area (Å²) in [7, 11) is -3.20. The number of hydrogen-bond donors (Lipinski definition) is 1. The monoisotopic (exact) mass is 496 g/mol. The van der Waals surface area contributed by atoms with Crippen molar-refractivity contribution in [1.82, 2.24) is 9.21 Å². The fourth-order valence-electron chi connectivity index (χ4n) is 5.34. The van der Waals surface area contributed by atoms with Crippen LogP contribution in [0.15, 0.2) is 42.5 Å². The molecule has 186 valence electrons. The molecule has 0 aromatic heterocycles. The van der Waals surface area contributed by atoms with Crippen molar-refractivity contribution in [2.24, 2.45) is 0 Å². The third-order valence-corrected chi connectivity index (χ3v) is 8.50. The summed E-state index contributed by atoms with van der Waals surface area (Å²) in [6, 6.07) is 12.1. The minimum Gasteiger partial charge on any atom is -0.376 e. The highest BCUT2D eigenvalue weighted by molar-refractivity contribution is 7.88. The maximum absolute atomic E-state index is 13.1. The van der Waals surface area contributed by atoms with Crippen LogP contribution in [0.3, 0.4) is 0 Å². The van der Waals surface area contributed by atoms with Gasteiger partial charge < -0.3 is 5.11 Å². The van der Waals surface area contributed by atoms with Gasteiger partial charge in [0.05, 0.1) is 6.26 Å². The van der Waals surface area contributed by atoms with Crippen molar-refractivity contribution in [2.75, 3.05) is 19.3 Å². The number of sulfonamides is 1. The summed E-state index contributed by atoms with van der Waals surface area (Å²) in [6.45, 7) is 4.96. The number of nitrogens with zero attached hydrogens (tertiary/aromatic N) is 2. The lowest BCUT2D eigenvalue weighted by molar-refractivity contribution is -0.258. The van der Waals surface area contributed by atoms with Gasteiger partial charge in [-0.15, -0.1) is 0 Å². The number of likely N-dealkylation sites (tertiary alicyclic amines) is 1. The second kappa shape index (κ2) is 8.93. The fraction of sp³-hybridized carbons (Fsp3) is 0.520. The average Bonchev–Trinajstić information content (AvgIpc) is 3.05. The van der Waals surface area contributed by atoms with E-state index in [1.165, 1.54) is 18.4 Å². The normalized spacial score (nSPS) is 23.7. The molecular formula is C25H31F3N2O3S. The molecular weight excluding hydrogens is 465 g/mol. The first kappa shape index (κ1) is 25.2. The number of fused-ring (bicyclic) bond motifs is 2. The molecule has 9 heteroatoms. The third kappa shape index (κ3) is 4.76. The standard InChI is InChI=1S/C25H31F3N2O3S/c1-4-18-13-17(14-29-15-21-10-11-22(16-29)30(21)34(3,32)33)5-12-23(18)19-6-8-20(9-7-19)24(2,31)25(26,27)28/h5-9,12-13,21-22,31H,4,10-11,14-16H2,1-3H3. The van der Waals surface area contributed by atoms with E-state index in [9.17, 15) is 26.7 Å². The van der Waals surface area contributed by atoms with E-state index >= 15 is 0 Å². The maximum Gasteiger partial charge on any atom is 0.421 e. The van der Waals surface area contributed by atoms with E-state index < -0.39 is 21.8 Å². The molecule has 4 rings (SSSR count). The molecule has 0 aliphatic carbocycles. The summed E-state index contributed by atoms with van der Waals surface area (Å²) in [5, 5.41) is 9.91. The Balaban J connectivity index is 1.51. The summed E-state index contributed by atoms with van der Waals surface area (Å²) in [5.41, 5.74) is 0.872. The van der Waals surface area contributed by atoms with E-state index in [1.807, 2.05) is 19.1 Å². The summed E-state index contributed by atoms with van der Waals surface area (Å²) in [6.07, 6.45) is -0.915. The largest absolute Gasteiger partial charge is 0.421 e. The van der Waals surface area contributed by atoms with Gasteiger partial charge in [0.2, 0.25) is 10.0 Å². The van der Waals surface area contributed by atoms with Crippen molar-refractivity contribution >= 4 is 10.0 Å². The molecule has 2 fully saturated rings. The number of rotatable bonds is 6. The lowest BCUT2D eigenvalue weighted by Crippen LogP contribution is -2.54. The summed E-state index contributed by atoms with van der Waals surface area (Å²) < 4.78 is 65.4. The molecule has 2 saturated heterocycles. The van der Waals surface area contributed by atoms with Crippen LogP contribution in [-0.2, 0) is 28.6 Å². The van der Waals surface area contributed by atoms with Gasteiger partial charge in [0, 0.05) is 31.7 Å². The van der Waals surface area contributed by atoms with E-state index in [-0.39, 0.29) is 17.6 Å². The predicted octanol–water partition coefficient (Wildman–Crippen LogP) is 4.29. The van der Waals surface area contributed by atoms with Crippen molar-refractivity contribution in [3.05, 3.63) is 59.2 Å². The number of aryl methyl sites for hydroxylation is 1. The van der Waals surface area contributed by atoms with Gasteiger partial charge in [-0.2, -0.15) is 17.5 Å². The van der Waals surface area contributed by atoms with Crippen LogP contribution >= 0.6 is 0 Å².